The number of carbonyl (C=O) groups excluding carboxylic acids is 1. The Morgan fingerprint density at radius 1 is 1.26 bits per heavy atom. The van der Waals surface area contributed by atoms with Gasteiger partial charge in [0.1, 0.15) is 4.88 Å². The summed E-state index contributed by atoms with van der Waals surface area (Å²) >= 11 is 1.62. The van der Waals surface area contributed by atoms with Gasteiger partial charge in [0.2, 0.25) is 0 Å². The van der Waals surface area contributed by atoms with Crippen LogP contribution in [0.2, 0.25) is 0 Å². The van der Waals surface area contributed by atoms with Gasteiger partial charge >= 0.3 is 0 Å². The monoisotopic (exact) mass is 379 g/mol. The van der Waals surface area contributed by atoms with Crippen LogP contribution in [0.15, 0.2) is 0 Å². The number of amides is 1. The lowest BCUT2D eigenvalue weighted by Gasteiger charge is -2.28. The minimum atomic E-state index is 0. The second-order valence-corrected chi connectivity index (χ2v) is 7.53. The molecule has 1 aromatic heterocycles. The van der Waals surface area contributed by atoms with Gasteiger partial charge < -0.3 is 10.6 Å². The summed E-state index contributed by atoms with van der Waals surface area (Å²) < 4.78 is 0. The number of nitrogens with one attached hydrogen (secondary N) is 2. The minimum Gasteiger partial charge on any atom is -0.348 e. The molecule has 23 heavy (non-hydrogen) atoms. The van der Waals surface area contributed by atoms with E-state index in [-0.39, 0.29) is 30.7 Å². The number of piperidine rings is 1. The summed E-state index contributed by atoms with van der Waals surface area (Å²) in [6.07, 6.45) is 7.11. The highest BCUT2D eigenvalue weighted by Crippen LogP contribution is 2.37. The molecule has 1 saturated carbocycles. The molecular weight excluding hydrogens is 353 g/mol. The number of nitrogens with zero attached hydrogens (tertiary/aromatic N) is 1. The summed E-state index contributed by atoms with van der Waals surface area (Å²) in [5.41, 5.74) is 0.904. The molecule has 132 valence electrons. The summed E-state index contributed by atoms with van der Waals surface area (Å²) in [6, 6.07) is 0.783. The predicted octanol–water partition coefficient (Wildman–Crippen LogP) is 3.82. The van der Waals surface area contributed by atoms with E-state index in [1.165, 1.54) is 30.7 Å². The predicted molar refractivity (Wildman–Crippen MR) is 101 cm³/mol. The lowest BCUT2D eigenvalue weighted by atomic mass is 10.0. The van der Waals surface area contributed by atoms with E-state index in [4.69, 9.17) is 0 Å². The maximum Gasteiger partial charge on any atom is 0.263 e. The number of aromatic nitrogens is 1. The van der Waals surface area contributed by atoms with Gasteiger partial charge in [0, 0.05) is 18.0 Å². The average molecular weight is 380 g/mol. The zero-order valence-corrected chi connectivity index (χ0v) is 16.2. The van der Waals surface area contributed by atoms with Crippen molar-refractivity contribution in [3.8, 4) is 0 Å². The third kappa shape index (κ3) is 5.05. The van der Waals surface area contributed by atoms with Crippen LogP contribution in [-0.2, 0) is 0 Å². The standard InChI is InChI=1S/C16H25N3OS.2ClH/c1-10-9-13(7-8-17-10)19-15(20)14-11(2)18-16(21-14)12-5-3-4-6-12;;/h10,12-13,17H,3-9H2,1-2H3,(H,19,20);2*1H. The van der Waals surface area contributed by atoms with Gasteiger partial charge in [-0.25, -0.2) is 4.98 Å². The van der Waals surface area contributed by atoms with Crippen molar-refractivity contribution in [2.45, 2.75) is 70.4 Å². The van der Waals surface area contributed by atoms with E-state index in [0.29, 0.717) is 18.0 Å². The number of carbonyl (C=O) groups is 1. The summed E-state index contributed by atoms with van der Waals surface area (Å²) in [5, 5.41) is 7.79. The Hall–Kier alpha value is -0.360. The SMILES string of the molecule is Cc1nc(C2CCCC2)sc1C(=O)NC1CCNC(C)C1.Cl.Cl. The third-order valence-corrected chi connectivity index (χ3v) is 6.00. The number of halogens is 2. The fourth-order valence-electron chi connectivity index (χ4n) is 3.49. The quantitative estimate of drug-likeness (QED) is 0.838. The molecule has 0 spiro atoms. The number of hydrogen-bond donors (Lipinski definition) is 2. The van der Waals surface area contributed by atoms with Gasteiger partial charge in [-0.3, -0.25) is 4.79 Å². The fourth-order valence-corrected chi connectivity index (χ4v) is 4.63. The van der Waals surface area contributed by atoms with Crippen molar-refractivity contribution in [2.24, 2.45) is 0 Å². The third-order valence-electron chi connectivity index (χ3n) is 4.68. The zero-order chi connectivity index (χ0) is 14.8. The Morgan fingerprint density at radius 3 is 2.61 bits per heavy atom. The topological polar surface area (TPSA) is 54.0 Å². The van der Waals surface area contributed by atoms with Crippen LogP contribution in [0.3, 0.4) is 0 Å². The normalized spacial score (nSPS) is 24.6. The molecule has 0 radical (unpaired) electrons. The van der Waals surface area contributed by atoms with Crippen molar-refractivity contribution < 1.29 is 4.79 Å². The molecule has 1 saturated heterocycles. The molecule has 7 heteroatoms. The summed E-state index contributed by atoms with van der Waals surface area (Å²) in [4.78, 5) is 18.0. The molecular formula is C16H27Cl2N3OS. The summed E-state index contributed by atoms with van der Waals surface area (Å²) in [5.74, 6) is 0.669. The Morgan fingerprint density at radius 2 is 1.96 bits per heavy atom. The van der Waals surface area contributed by atoms with Crippen molar-refractivity contribution in [1.29, 1.82) is 0 Å². The number of thiazole rings is 1. The van der Waals surface area contributed by atoms with Crippen LogP contribution in [-0.4, -0.2) is 29.5 Å². The molecule has 2 atom stereocenters. The smallest absolute Gasteiger partial charge is 0.263 e. The van der Waals surface area contributed by atoms with Gasteiger partial charge in [0.15, 0.2) is 0 Å². The van der Waals surface area contributed by atoms with Crippen molar-refractivity contribution in [3.05, 3.63) is 15.6 Å². The number of rotatable bonds is 3. The van der Waals surface area contributed by atoms with E-state index >= 15 is 0 Å². The van der Waals surface area contributed by atoms with E-state index in [0.717, 1.165) is 30.0 Å². The Labute approximate surface area is 155 Å². The highest BCUT2D eigenvalue weighted by atomic mass is 35.5. The van der Waals surface area contributed by atoms with E-state index in [1.54, 1.807) is 11.3 Å². The van der Waals surface area contributed by atoms with Gasteiger partial charge in [-0.1, -0.05) is 12.8 Å². The second-order valence-electron chi connectivity index (χ2n) is 6.50. The molecule has 3 rings (SSSR count). The van der Waals surface area contributed by atoms with Crippen LogP contribution < -0.4 is 10.6 Å². The van der Waals surface area contributed by atoms with Crippen molar-refractivity contribution in [1.82, 2.24) is 15.6 Å². The molecule has 2 fully saturated rings. The van der Waals surface area contributed by atoms with Gasteiger partial charge in [-0.05, 0) is 46.1 Å². The van der Waals surface area contributed by atoms with Gasteiger partial charge in [0.25, 0.3) is 5.91 Å². The maximum absolute atomic E-state index is 12.5. The molecule has 2 N–H and O–H groups in total. The Bertz CT molecular complexity index is 517. The molecule has 2 heterocycles. The summed E-state index contributed by atoms with van der Waals surface area (Å²) in [6.45, 7) is 5.13. The minimum absolute atomic E-state index is 0. The first-order valence-corrected chi connectivity index (χ1v) is 8.96. The lowest BCUT2D eigenvalue weighted by Crippen LogP contribution is -2.46. The summed E-state index contributed by atoms with van der Waals surface area (Å²) in [7, 11) is 0. The average Bonchev–Trinajstić information content (AvgIpc) is 3.07. The lowest BCUT2D eigenvalue weighted by molar-refractivity contribution is 0.0929. The molecule has 1 aliphatic carbocycles. The molecule has 2 aliphatic rings. The molecule has 0 aromatic carbocycles. The van der Waals surface area contributed by atoms with E-state index < -0.39 is 0 Å². The van der Waals surface area contributed by atoms with E-state index in [1.807, 2.05) is 6.92 Å². The van der Waals surface area contributed by atoms with Gasteiger partial charge in [-0.15, -0.1) is 36.2 Å². The highest BCUT2D eigenvalue weighted by molar-refractivity contribution is 7.13. The molecule has 1 amide bonds. The largest absolute Gasteiger partial charge is 0.348 e. The van der Waals surface area contributed by atoms with Gasteiger partial charge in [-0.2, -0.15) is 0 Å². The molecule has 2 unspecified atom stereocenters. The Kier molecular flexibility index (Phi) is 8.28. The number of hydrogen-bond acceptors (Lipinski definition) is 4. The van der Waals surface area contributed by atoms with Crippen LogP contribution in [0.5, 0.6) is 0 Å². The van der Waals surface area contributed by atoms with Crippen LogP contribution >= 0.6 is 36.2 Å². The molecule has 1 aliphatic heterocycles. The van der Waals surface area contributed by atoms with Crippen LogP contribution in [0.25, 0.3) is 0 Å². The van der Waals surface area contributed by atoms with Crippen molar-refractivity contribution >= 4 is 42.1 Å². The second kappa shape index (κ2) is 9.21. The van der Waals surface area contributed by atoms with Crippen molar-refractivity contribution in [2.75, 3.05) is 6.54 Å². The molecule has 1 aromatic rings. The van der Waals surface area contributed by atoms with Crippen LogP contribution in [0.1, 0.15) is 71.7 Å². The fraction of sp³-hybridized carbons (Fsp3) is 0.750. The first-order chi connectivity index (χ1) is 10.1. The van der Waals surface area contributed by atoms with Gasteiger partial charge in [0.05, 0.1) is 10.7 Å². The highest BCUT2D eigenvalue weighted by Gasteiger charge is 2.26. The van der Waals surface area contributed by atoms with E-state index in [9.17, 15) is 4.79 Å². The van der Waals surface area contributed by atoms with Crippen LogP contribution in [0, 0.1) is 6.92 Å². The van der Waals surface area contributed by atoms with Crippen molar-refractivity contribution in [3.63, 3.8) is 0 Å². The Balaban J connectivity index is 0.00000132. The first kappa shape index (κ1) is 20.7. The number of aryl methyl sites for hydroxylation is 1. The molecule has 0 bridgehead atoms. The van der Waals surface area contributed by atoms with Crippen LogP contribution in [0.4, 0.5) is 0 Å². The maximum atomic E-state index is 12.5. The zero-order valence-electron chi connectivity index (χ0n) is 13.8. The van der Waals surface area contributed by atoms with E-state index in [2.05, 4.69) is 22.5 Å². The first-order valence-electron chi connectivity index (χ1n) is 8.15. The molecule has 4 nitrogen and oxygen atoms in total.